The fraction of sp³-hybridized carbons (Fsp3) is 0.375. The topological polar surface area (TPSA) is 125 Å². The highest BCUT2D eigenvalue weighted by Gasteiger charge is 2.55. The Hall–Kier alpha value is -3.44. The van der Waals surface area contributed by atoms with Crippen LogP contribution in [0.3, 0.4) is 0 Å². The molecule has 4 amide bonds. The number of urea groups is 1. The van der Waals surface area contributed by atoms with Crippen molar-refractivity contribution in [2.45, 2.75) is 36.1 Å². The molecule has 0 radical (unpaired) electrons. The zero-order valence-corrected chi connectivity index (χ0v) is 19.8. The molecule has 3 aliphatic rings. The molecular weight excluding hydrogens is 472 g/mol. The molecule has 3 aliphatic heterocycles. The standard InChI is InChI=1S/C24H26N4O6S/c29-21(25-17-7-6-8-18(15-17)35(32,33)27-12-4-1-5-13-27)16-28-22(30)24(26-23(28)31)11-14-34-20-10-3-2-9-19(20)24/h2-3,6-10,15H,1,4-5,11-14,16H2,(H,25,29)(H,26,31). The number of carbonyl (C=O) groups excluding carboxylic acids is 3. The summed E-state index contributed by atoms with van der Waals surface area (Å²) in [5.74, 6) is -0.612. The van der Waals surface area contributed by atoms with Gasteiger partial charge in [0.1, 0.15) is 12.3 Å². The van der Waals surface area contributed by atoms with Crippen LogP contribution in [0.4, 0.5) is 10.5 Å². The minimum Gasteiger partial charge on any atom is -0.493 e. The lowest BCUT2D eigenvalue weighted by molar-refractivity contribution is -0.135. The Morgan fingerprint density at radius 2 is 1.83 bits per heavy atom. The van der Waals surface area contributed by atoms with Crippen LogP contribution in [-0.4, -0.2) is 61.7 Å². The van der Waals surface area contributed by atoms with Gasteiger partial charge in [-0.25, -0.2) is 13.2 Å². The van der Waals surface area contributed by atoms with E-state index in [9.17, 15) is 22.8 Å². The molecule has 1 spiro atoms. The number of sulfonamides is 1. The van der Waals surface area contributed by atoms with Crippen LogP contribution >= 0.6 is 0 Å². The number of rotatable bonds is 5. The molecule has 2 saturated heterocycles. The second-order valence-corrected chi connectivity index (χ2v) is 10.8. The molecule has 10 nitrogen and oxygen atoms in total. The predicted molar refractivity (Wildman–Crippen MR) is 126 cm³/mol. The molecule has 11 heteroatoms. The normalized spacial score (nSPS) is 22.5. The summed E-state index contributed by atoms with van der Waals surface area (Å²) in [5, 5.41) is 5.37. The smallest absolute Gasteiger partial charge is 0.325 e. The number of ether oxygens (including phenoxy) is 1. The van der Waals surface area contributed by atoms with Gasteiger partial charge in [-0.15, -0.1) is 0 Å². The zero-order valence-electron chi connectivity index (χ0n) is 19.0. The van der Waals surface area contributed by atoms with E-state index in [4.69, 9.17) is 4.74 Å². The average Bonchev–Trinajstić information content (AvgIpc) is 3.09. The molecule has 184 valence electrons. The molecule has 3 heterocycles. The van der Waals surface area contributed by atoms with Crippen molar-refractivity contribution in [1.82, 2.24) is 14.5 Å². The summed E-state index contributed by atoms with van der Waals surface area (Å²) in [6.45, 7) is 0.696. The van der Waals surface area contributed by atoms with Crippen LogP contribution in [0, 0.1) is 0 Å². The van der Waals surface area contributed by atoms with Crippen molar-refractivity contribution in [1.29, 1.82) is 0 Å². The number of amides is 4. The first kappa shape index (κ1) is 23.3. The number of benzene rings is 2. The number of hydrogen-bond donors (Lipinski definition) is 2. The number of nitrogens with zero attached hydrogens (tertiary/aromatic N) is 2. The maximum atomic E-state index is 13.3. The summed E-state index contributed by atoms with van der Waals surface area (Å²) in [4.78, 5) is 39.8. The van der Waals surface area contributed by atoms with Gasteiger partial charge in [0, 0.05) is 30.8 Å². The molecule has 0 aliphatic carbocycles. The summed E-state index contributed by atoms with van der Waals surface area (Å²) in [6, 6.07) is 12.3. The van der Waals surface area contributed by atoms with Gasteiger partial charge in [0.15, 0.2) is 5.54 Å². The van der Waals surface area contributed by atoms with Gasteiger partial charge in [0.25, 0.3) is 5.91 Å². The largest absolute Gasteiger partial charge is 0.493 e. The number of imide groups is 1. The summed E-state index contributed by atoms with van der Waals surface area (Å²) in [7, 11) is -3.67. The Morgan fingerprint density at radius 1 is 1.06 bits per heavy atom. The predicted octanol–water partition coefficient (Wildman–Crippen LogP) is 2.03. The van der Waals surface area contributed by atoms with Crippen molar-refractivity contribution in [3.8, 4) is 5.75 Å². The fourth-order valence-electron chi connectivity index (χ4n) is 4.85. The SMILES string of the molecule is O=C(CN1C(=O)NC2(CCOc3ccccc32)C1=O)Nc1cccc(S(=O)(=O)N2CCCCC2)c1. The third-order valence-corrected chi connectivity index (χ3v) is 8.52. The first-order valence-corrected chi connectivity index (χ1v) is 13.0. The quantitative estimate of drug-likeness (QED) is 0.608. The molecule has 5 rings (SSSR count). The maximum absolute atomic E-state index is 13.3. The molecule has 2 aromatic carbocycles. The molecule has 35 heavy (non-hydrogen) atoms. The van der Waals surface area contributed by atoms with Crippen molar-refractivity contribution in [2.75, 3.05) is 31.6 Å². The molecule has 2 N–H and O–H groups in total. The van der Waals surface area contributed by atoms with Crippen molar-refractivity contribution in [3.63, 3.8) is 0 Å². The van der Waals surface area contributed by atoms with Crippen LogP contribution in [-0.2, 0) is 25.2 Å². The van der Waals surface area contributed by atoms with Gasteiger partial charge in [0.2, 0.25) is 15.9 Å². The Kier molecular flexibility index (Phi) is 5.97. The zero-order chi connectivity index (χ0) is 24.6. The van der Waals surface area contributed by atoms with E-state index in [0.29, 0.717) is 24.4 Å². The van der Waals surface area contributed by atoms with Crippen LogP contribution < -0.4 is 15.4 Å². The van der Waals surface area contributed by atoms with E-state index in [0.717, 1.165) is 24.2 Å². The molecule has 1 unspecified atom stereocenters. The Balaban J connectivity index is 1.30. The van der Waals surface area contributed by atoms with Gasteiger partial charge in [-0.2, -0.15) is 4.31 Å². The van der Waals surface area contributed by atoms with E-state index < -0.39 is 40.0 Å². The highest BCUT2D eigenvalue weighted by Crippen LogP contribution is 2.40. The highest BCUT2D eigenvalue weighted by atomic mass is 32.2. The molecule has 2 fully saturated rings. The number of para-hydroxylation sites is 1. The van der Waals surface area contributed by atoms with E-state index in [-0.39, 0.29) is 23.6 Å². The van der Waals surface area contributed by atoms with Crippen LogP contribution in [0.15, 0.2) is 53.4 Å². The van der Waals surface area contributed by atoms with Crippen molar-refractivity contribution in [2.24, 2.45) is 0 Å². The first-order valence-electron chi connectivity index (χ1n) is 11.6. The van der Waals surface area contributed by atoms with Gasteiger partial charge in [0.05, 0.1) is 11.5 Å². The molecular formula is C24H26N4O6S. The third kappa shape index (κ3) is 4.14. The summed E-state index contributed by atoms with van der Waals surface area (Å²) >= 11 is 0. The fourth-order valence-corrected chi connectivity index (χ4v) is 6.41. The van der Waals surface area contributed by atoms with Gasteiger partial charge < -0.3 is 15.4 Å². The van der Waals surface area contributed by atoms with E-state index in [2.05, 4.69) is 10.6 Å². The molecule has 1 atom stereocenters. The van der Waals surface area contributed by atoms with Crippen LogP contribution in [0.5, 0.6) is 5.75 Å². The number of carbonyl (C=O) groups is 3. The van der Waals surface area contributed by atoms with Crippen LogP contribution in [0.1, 0.15) is 31.2 Å². The number of nitrogens with one attached hydrogen (secondary N) is 2. The number of piperidine rings is 1. The Labute approximate surface area is 203 Å². The van der Waals surface area contributed by atoms with E-state index >= 15 is 0 Å². The average molecular weight is 499 g/mol. The third-order valence-electron chi connectivity index (χ3n) is 6.63. The van der Waals surface area contributed by atoms with E-state index in [1.54, 1.807) is 36.4 Å². The van der Waals surface area contributed by atoms with Crippen LogP contribution in [0.2, 0.25) is 0 Å². The summed E-state index contributed by atoms with van der Waals surface area (Å²) in [5.41, 5.74) is -0.441. The minimum absolute atomic E-state index is 0.0879. The first-order chi connectivity index (χ1) is 16.8. The number of hydrogen-bond acceptors (Lipinski definition) is 6. The molecule has 0 bridgehead atoms. The van der Waals surface area contributed by atoms with Crippen LogP contribution in [0.25, 0.3) is 0 Å². The number of fused-ring (bicyclic) bond motifs is 2. The lowest BCUT2D eigenvalue weighted by Crippen LogP contribution is -2.48. The summed E-state index contributed by atoms with van der Waals surface area (Å²) in [6.07, 6.45) is 2.90. The minimum atomic E-state index is -3.67. The van der Waals surface area contributed by atoms with Crippen molar-refractivity contribution in [3.05, 3.63) is 54.1 Å². The van der Waals surface area contributed by atoms with Gasteiger partial charge in [-0.05, 0) is 37.1 Å². The van der Waals surface area contributed by atoms with Crippen molar-refractivity contribution < 1.29 is 27.5 Å². The van der Waals surface area contributed by atoms with E-state index in [1.807, 2.05) is 0 Å². The lowest BCUT2D eigenvalue weighted by Gasteiger charge is -2.33. The summed E-state index contributed by atoms with van der Waals surface area (Å²) < 4.78 is 33.0. The van der Waals surface area contributed by atoms with E-state index in [1.165, 1.54) is 16.4 Å². The Bertz CT molecular complexity index is 1290. The van der Waals surface area contributed by atoms with Gasteiger partial charge in [-0.1, -0.05) is 30.7 Å². The molecule has 0 aromatic heterocycles. The lowest BCUT2D eigenvalue weighted by atomic mass is 9.84. The maximum Gasteiger partial charge on any atom is 0.325 e. The Morgan fingerprint density at radius 3 is 2.63 bits per heavy atom. The van der Waals surface area contributed by atoms with Gasteiger partial charge >= 0.3 is 6.03 Å². The van der Waals surface area contributed by atoms with Gasteiger partial charge in [-0.3, -0.25) is 14.5 Å². The highest BCUT2D eigenvalue weighted by molar-refractivity contribution is 7.89. The molecule has 0 saturated carbocycles. The molecule has 2 aromatic rings. The van der Waals surface area contributed by atoms with Crippen molar-refractivity contribution >= 4 is 33.6 Å². The number of anilines is 1. The second-order valence-electron chi connectivity index (χ2n) is 8.86. The monoisotopic (exact) mass is 498 g/mol. The second kappa shape index (κ2) is 8.97.